The van der Waals surface area contributed by atoms with Crippen molar-refractivity contribution in [2.45, 2.75) is 53.0 Å². The molecule has 0 unspecified atom stereocenters. The van der Waals surface area contributed by atoms with Crippen LogP contribution in [0.1, 0.15) is 62.2 Å². The summed E-state index contributed by atoms with van der Waals surface area (Å²) in [4.78, 5) is 7.48. The van der Waals surface area contributed by atoms with E-state index in [1.165, 1.54) is 16.8 Å². The van der Waals surface area contributed by atoms with Crippen LogP contribution in [0.3, 0.4) is 0 Å². The maximum absolute atomic E-state index is 4.23. The number of benzene rings is 1. The standard InChI is InChI=1S/C17H25N3/c1-11(2)14-6-7-17(16(8-14)12(3)4)19-10-15-9-18-13(5)20-15/h6-9,11-12,19H,10H2,1-5H3,(H,18,20). The number of hydrogen-bond acceptors (Lipinski definition) is 2. The topological polar surface area (TPSA) is 40.7 Å². The normalized spacial score (nSPS) is 11.3. The minimum Gasteiger partial charge on any atom is -0.379 e. The molecule has 0 radical (unpaired) electrons. The van der Waals surface area contributed by atoms with Crippen molar-refractivity contribution in [1.82, 2.24) is 9.97 Å². The first-order valence-corrected chi connectivity index (χ1v) is 7.35. The summed E-state index contributed by atoms with van der Waals surface area (Å²) < 4.78 is 0. The fraction of sp³-hybridized carbons (Fsp3) is 0.471. The summed E-state index contributed by atoms with van der Waals surface area (Å²) in [6.45, 7) is 11.7. The van der Waals surface area contributed by atoms with Gasteiger partial charge in [0.15, 0.2) is 0 Å². The lowest BCUT2D eigenvalue weighted by Crippen LogP contribution is -2.05. The second-order valence-corrected chi connectivity index (χ2v) is 6.00. The number of rotatable bonds is 5. The summed E-state index contributed by atoms with van der Waals surface area (Å²) >= 11 is 0. The molecule has 0 saturated heterocycles. The number of nitrogens with zero attached hydrogens (tertiary/aromatic N) is 1. The van der Waals surface area contributed by atoms with Gasteiger partial charge in [0, 0.05) is 5.69 Å². The molecule has 0 aliphatic heterocycles. The second-order valence-electron chi connectivity index (χ2n) is 6.00. The Balaban J connectivity index is 2.18. The molecule has 0 fully saturated rings. The summed E-state index contributed by atoms with van der Waals surface area (Å²) in [5.41, 5.74) is 5.12. The number of H-pyrrole nitrogens is 1. The highest BCUT2D eigenvalue weighted by atomic mass is 15.0. The Hall–Kier alpha value is -1.77. The summed E-state index contributed by atoms with van der Waals surface area (Å²) in [6.07, 6.45) is 1.89. The van der Waals surface area contributed by atoms with Crippen LogP contribution in [-0.4, -0.2) is 9.97 Å². The van der Waals surface area contributed by atoms with Crippen LogP contribution in [0.5, 0.6) is 0 Å². The predicted octanol–water partition coefficient (Wildman–Crippen LogP) is 4.58. The predicted molar refractivity (Wildman–Crippen MR) is 85.3 cm³/mol. The third kappa shape index (κ3) is 3.41. The summed E-state index contributed by atoms with van der Waals surface area (Å²) in [7, 11) is 0. The highest BCUT2D eigenvalue weighted by Crippen LogP contribution is 2.28. The molecule has 0 aliphatic rings. The molecular formula is C17H25N3. The van der Waals surface area contributed by atoms with Crippen LogP contribution in [0.25, 0.3) is 0 Å². The largest absolute Gasteiger partial charge is 0.379 e. The lowest BCUT2D eigenvalue weighted by Gasteiger charge is -2.17. The lowest BCUT2D eigenvalue weighted by atomic mass is 9.94. The molecule has 0 amide bonds. The zero-order valence-electron chi connectivity index (χ0n) is 13.1. The first-order chi connectivity index (χ1) is 9.47. The Bertz CT molecular complexity index is 567. The van der Waals surface area contributed by atoms with Crippen molar-refractivity contribution in [1.29, 1.82) is 0 Å². The number of aromatic nitrogens is 2. The van der Waals surface area contributed by atoms with E-state index in [1.807, 2.05) is 13.1 Å². The molecule has 2 rings (SSSR count). The molecule has 0 saturated carbocycles. The summed E-state index contributed by atoms with van der Waals surface area (Å²) in [6, 6.07) is 6.75. The zero-order chi connectivity index (χ0) is 14.7. The quantitative estimate of drug-likeness (QED) is 0.836. The first kappa shape index (κ1) is 14.6. The van der Waals surface area contributed by atoms with Crippen LogP contribution >= 0.6 is 0 Å². The maximum atomic E-state index is 4.23. The zero-order valence-corrected chi connectivity index (χ0v) is 13.1. The molecule has 1 aromatic carbocycles. The molecule has 0 atom stereocenters. The molecule has 108 valence electrons. The van der Waals surface area contributed by atoms with Crippen molar-refractivity contribution in [3.05, 3.63) is 47.0 Å². The number of hydrogen-bond donors (Lipinski definition) is 2. The van der Waals surface area contributed by atoms with Crippen LogP contribution in [-0.2, 0) is 6.54 Å². The van der Waals surface area contributed by atoms with E-state index in [-0.39, 0.29) is 0 Å². The minimum atomic E-state index is 0.514. The molecule has 1 aromatic heterocycles. The Kier molecular flexibility index (Phi) is 4.48. The number of aromatic amines is 1. The fourth-order valence-corrected chi connectivity index (χ4v) is 2.33. The fourth-order valence-electron chi connectivity index (χ4n) is 2.33. The van der Waals surface area contributed by atoms with Crippen molar-refractivity contribution in [3.63, 3.8) is 0 Å². The average molecular weight is 271 g/mol. The number of nitrogens with one attached hydrogen (secondary N) is 2. The molecule has 3 nitrogen and oxygen atoms in total. The van der Waals surface area contributed by atoms with Gasteiger partial charge < -0.3 is 10.3 Å². The van der Waals surface area contributed by atoms with E-state index in [4.69, 9.17) is 0 Å². The lowest BCUT2D eigenvalue weighted by molar-refractivity contribution is 0.833. The first-order valence-electron chi connectivity index (χ1n) is 7.35. The Labute approximate surface area is 121 Å². The van der Waals surface area contributed by atoms with Crippen molar-refractivity contribution in [2.24, 2.45) is 0 Å². The van der Waals surface area contributed by atoms with Crippen molar-refractivity contribution >= 4 is 5.69 Å². The highest BCUT2D eigenvalue weighted by molar-refractivity contribution is 5.54. The van der Waals surface area contributed by atoms with Crippen molar-refractivity contribution in [2.75, 3.05) is 5.32 Å². The minimum absolute atomic E-state index is 0.514. The van der Waals surface area contributed by atoms with Gasteiger partial charge in [-0.25, -0.2) is 4.98 Å². The second kappa shape index (κ2) is 6.12. The van der Waals surface area contributed by atoms with Gasteiger partial charge in [0.1, 0.15) is 5.82 Å². The molecule has 0 bridgehead atoms. The molecule has 2 aromatic rings. The van der Waals surface area contributed by atoms with Gasteiger partial charge in [-0.3, -0.25) is 0 Å². The smallest absolute Gasteiger partial charge is 0.103 e. The third-order valence-electron chi connectivity index (χ3n) is 3.59. The average Bonchev–Trinajstić information content (AvgIpc) is 2.81. The van der Waals surface area contributed by atoms with E-state index in [1.54, 1.807) is 0 Å². The van der Waals surface area contributed by atoms with E-state index < -0.39 is 0 Å². The van der Waals surface area contributed by atoms with Gasteiger partial charge in [-0.15, -0.1) is 0 Å². The van der Waals surface area contributed by atoms with Crippen LogP contribution < -0.4 is 5.32 Å². The van der Waals surface area contributed by atoms with Crippen LogP contribution in [0.2, 0.25) is 0 Å². The van der Waals surface area contributed by atoms with Crippen LogP contribution in [0.4, 0.5) is 5.69 Å². The number of anilines is 1. The number of imidazole rings is 1. The summed E-state index contributed by atoms with van der Waals surface area (Å²) in [5.74, 6) is 2.04. The Morgan fingerprint density at radius 1 is 1.15 bits per heavy atom. The monoisotopic (exact) mass is 271 g/mol. The van der Waals surface area contributed by atoms with Gasteiger partial charge in [0.05, 0.1) is 18.4 Å². The van der Waals surface area contributed by atoms with Gasteiger partial charge in [-0.05, 0) is 36.0 Å². The Morgan fingerprint density at radius 3 is 2.45 bits per heavy atom. The van der Waals surface area contributed by atoms with Crippen molar-refractivity contribution in [3.8, 4) is 0 Å². The SMILES string of the molecule is Cc1ncc(CNc2ccc(C(C)C)cc2C(C)C)[nH]1. The third-order valence-corrected chi connectivity index (χ3v) is 3.59. The van der Waals surface area contributed by atoms with E-state index in [2.05, 4.69) is 61.2 Å². The van der Waals surface area contributed by atoms with Crippen LogP contribution in [0, 0.1) is 6.92 Å². The molecule has 1 heterocycles. The molecule has 3 heteroatoms. The van der Waals surface area contributed by atoms with Gasteiger partial charge in [-0.1, -0.05) is 39.8 Å². The van der Waals surface area contributed by atoms with Gasteiger partial charge in [0.2, 0.25) is 0 Å². The molecular weight excluding hydrogens is 246 g/mol. The van der Waals surface area contributed by atoms with Gasteiger partial charge in [-0.2, -0.15) is 0 Å². The maximum Gasteiger partial charge on any atom is 0.103 e. The van der Waals surface area contributed by atoms with Crippen molar-refractivity contribution < 1.29 is 0 Å². The van der Waals surface area contributed by atoms with E-state index in [0.29, 0.717) is 11.8 Å². The summed E-state index contributed by atoms with van der Waals surface area (Å²) in [5, 5.41) is 3.52. The molecule has 0 aliphatic carbocycles. The van der Waals surface area contributed by atoms with Gasteiger partial charge >= 0.3 is 0 Å². The van der Waals surface area contributed by atoms with Gasteiger partial charge in [0.25, 0.3) is 0 Å². The van der Waals surface area contributed by atoms with E-state index >= 15 is 0 Å². The molecule has 0 spiro atoms. The van der Waals surface area contributed by atoms with Crippen LogP contribution in [0.15, 0.2) is 24.4 Å². The highest BCUT2D eigenvalue weighted by Gasteiger charge is 2.09. The van der Waals surface area contributed by atoms with E-state index in [9.17, 15) is 0 Å². The number of aryl methyl sites for hydroxylation is 1. The Morgan fingerprint density at radius 2 is 1.90 bits per heavy atom. The molecule has 20 heavy (non-hydrogen) atoms. The van der Waals surface area contributed by atoms with E-state index in [0.717, 1.165) is 18.1 Å². The molecule has 2 N–H and O–H groups in total.